The highest BCUT2D eigenvalue weighted by Gasteiger charge is 2.23. The maximum absolute atomic E-state index is 12.6. The Morgan fingerprint density at radius 1 is 1.21 bits per heavy atom. The predicted molar refractivity (Wildman–Crippen MR) is 73.1 cm³/mol. The SMILES string of the molecule is COc1ccc(S(=O)N2CCOCC2)c(OC)c1C. The fourth-order valence-corrected chi connectivity index (χ4v) is 3.45. The Balaban J connectivity index is 2.33. The van der Waals surface area contributed by atoms with Crippen LogP contribution in [0.4, 0.5) is 0 Å². The van der Waals surface area contributed by atoms with E-state index in [9.17, 15) is 4.21 Å². The summed E-state index contributed by atoms with van der Waals surface area (Å²) in [6.45, 7) is 4.46. The summed E-state index contributed by atoms with van der Waals surface area (Å²) in [5.41, 5.74) is 0.865. The molecule has 1 aliphatic heterocycles. The van der Waals surface area contributed by atoms with Gasteiger partial charge >= 0.3 is 0 Å². The van der Waals surface area contributed by atoms with Crippen LogP contribution in [0.3, 0.4) is 0 Å². The van der Waals surface area contributed by atoms with Crippen molar-refractivity contribution in [3.8, 4) is 11.5 Å². The van der Waals surface area contributed by atoms with Gasteiger partial charge in [0.2, 0.25) is 0 Å². The molecule has 19 heavy (non-hydrogen) atoms. The van der Waals surface area contributed by atoms with Crippen molar-refractivity contribution in [2.24, 2.45) is 0 Å². The zero-order valence-corrected chi connectivity index (χ0v) is 12.3. The molecule has 6 heteroatoms. The molecule has 0 spiro atoms. The molecule has 0 aliphatic carbocycles. The molecule has 2 rings (SSSR count). The molecule has 1 heterocycles. The average molecular weight is 285 g/mol. The molecule has 1 saturated heterocycles. The quantitative estimate of drug-likeness (QED) is 0.838. The molecule has 1 aromatic carbocycles. The second-order valence-electron chi connectivity index (χ2n) is 4.21. The molecule has 0 saturated carbocycles. The van der Waals surface area contributed by atoms with Crippen molar-refractivity contribution in [1.29, 1.82) is 0 Å². The summed E-state index contributed by atoms with van der Waals surface area (Å²) >= 11 is 0. The molecule has 5 nitrogen and oxygen atoms in total. The van der Waals surface area contributed by atoms with Crippen molar-refractivity contribution < 1.29 is 18.4 Å². The molecule has 1 aliphatic rings. The third-order valence-corrected chi connectivity index (χ3v) is 4.67. The van der Waals surface area contributed by atoms with Crippen LogP contribution >= 0.6 is 0 Å². The maximum Gasteiger partial charge on any atom is 0.142 e. The Kier molecular flexibility index (Phi) is 4.79. The van der Waals surface area contributed by atoms with Crippen molar-refractivity contribution >= 4 is 11.0 Å². The summed E-state index contributed by atoms with van der Waals surface area (Å²) in [4.78, 5) is 0.683. The topological polar surface area (TPSA) is 48.0 Å². The van der Waals surface area contributed by atoms with Gasteiger partial charge in [0, 0.05) is 18.7 Å². The average Bonchev–Trinajstić information content (AvgIpc) is 2.47. The lowest BCUT2D eigenvalue weighted by atomic mass is 10.2. The first-order chi connectivity index (χ1) is 9.19. The van der Waals surface area contributed by atoms with Crippen molar-refractivity contribution in [2.75, 3.05) is 40.5 Å². The lowest BCUT2D eigenvalue weighted by Crippen LogP contribution is -2.37. The lowest BCUT2D eigenvalue weighted by Gasteiger charge is -2.26. The summed E-state index contributed by atoms with van der Waals surface area (Å²) in [5.74, 6) is 1.36. The van der Waals surface area contributed by atoms with Crippen LogP contribution in [0.15, 0.2) is 17.0 Å². The van der Waals surface area contributed by atoms with Gasteiger partial charge in [0.1, 0.15) is 22.5 Å². The Bertz CT molecular complexity index is 472. The summed E-state index contributed by atoms with van der Waals surface area (Å²) in [7, 11) is 1.97. The standard InChI is InChI=1S/C13H19NO4S/c1-10-11(16-2)4-5-12(13(10)17-3)19(15)14-6-8-18-9-7-14/h4-5H,6-9H2,1-3H3. The summed E-state index contributed by atoms with van der Waals surface area (Å²) in [6, 6.07) is 3.63. The Hall–Kier alpha value is -1.11. The first-order valence-corrected chi connectivity index (χ1v) is 7.26. The predicted octanol–water partition coefficient (Wildman–Crippen LogP) is 1.37. The minimum absolute atomic E-state index is 0.614. The van der Waals surface area contributed by atoms with E-state index in [0.717, 1.165) is 11.3 Å². The van der Waals surface area contributed by atoms with E-state index in [-0.39, 0.29) is 0 Å². The Morgan fingerprint density at radius 3 is 2.47 bits per heavy atom. The third-order valence-electron chi connectivity index (χ3n) is 3.14. The second kappa shape index (κ2) is 6.36. The number of nitrogens with zero attached hydrogens (tertiary/aromatic N) is 1. The summed E-state index contributed by atoms with van der Waals surface area (Å²) in [6.07, 6.45) is 0. The molecule has 1 atom stereocenters. The number of rotatable bonds is 4. The number of hydrogen-bond acceptors (Lipinski definition) is 4. The first kappa shape index (κ1) is 14.3. The van der Waals surface area contributed by atoms with Crippen LogP contribution in [0, 0.1) is 6.92 Å². The minimum Gasteiger partial charge on any atom is -0.496 e. The highest BCUT2D eigenvalue weighted by molar-refractivity contribution is 7.82. The molecule has 0 bridgehead atoms. The summed E-state index contributed by atoms with van der Waals surface area (Å²) in [5, 5.41) is 0. The third kappa shape index (κ3) is 2.91. The second-order valence-corrected chi connectivity index (χ2v) is 5.67. The van der Waals surface area contributed by atoms with E-state index in [1.54, 1.807) is 20.3 Å². The molecule has 1 aromatic rings. The van der Waals surface area contributed by atoms with Crippen LogP contribution in [0.25, 0.3) is 0 Å². The fraction of sp³-hybridized carbons (Fsp3) is 0.538. The first-order valence-electron chi connectivity index (χ1n) is 6.15. The van der Waals surface area contributed by atoms with E-state index in [0.29, 0.717) is 36.9 Å². The lowest BCUT2D eigenvalue weighted by molar-refractivity contribution is 0.0751. The van der Waals surface area contributed by atoms with Crippen LogP contribution in [0.1, 0.15) is 5.56 Å². The number of hydrogen-bond donors (Lipinski definition) is 0. The Morgan fingerprint density at radius 2 is 1.89 bits per heavy atom. The molecule has 1 unspecified atom stereocenters. The van der Waals surface area contributed by atoms with Crippen molar-refractivity contribution in [1.82, 2.24) is 4.31 Å². The van der Waals surface area contributed by atoms with Crippen molar-refractivity contribution in [3.05, 3.63) is 17.7 Å². The summed E-state index contributed by atoms with van der Waals surface area (Å²) < 4.78 is 30.4. The zero-order chi connectivity index (χ0) is 13.8. The number of methoxy groups -OCH3 is 2. The van der Waals surface area contributed by atoms with Crippen LogP contribution in [0.2, 0.25) is 0 Å². The van der Waals surface area contributed by atoms with Gasteiger partial charge in [-0.15, -0.1) is 0 Å². The van der Waals surface area contributed by atoms with Crippen molar-refractivity contribution in [3.63, 3.8) is 0 Å². The van der Waals surface area contributed by atoms with Gasteiger partial charge in [-0.25, -0.2) is 8.51 Å². The molecule has 1 fully saturated rings. The fourth-order valence-electron chi connectivity index (χ4n) is 2.11. The molecule has 0 aromatic heterocycles. The van der Waals surface area contributed by atoms with E-state index in [4.69, 9.17) is 14.2 Å². The highest BCUT2D eigenvalue weighted by Crippen LogP contribution is 2.34. The monoisotopic (exact) mass is 285 g/mol. The smallest absolute Gasteiger partial charge is 0.142 e. The van der Waals surface area contributed by atoms with E-state index in [1.165, 1.54) is 0 Å². The van der Waals surface area contributed by atoms with Crippen LogP contribution < -0.4 is 9.47 Å². The molecule has 0 radical (unpaired) electrons. The van der Waals surface area contributed by atoms with Gasteiger partial charge in [0.25, 0.3) is 0 Å². The molecule has 106 valence electrons. The van der Waals surface area contributed by atoms with Crippen molar-refractivity contribution in [2.45, 2.75) is 11.8 Å². The van der Waals surface area contributed by atoms with Gasteiger partial charge in [-0.2, -0.15) is 0 Å². The number of ether oxygens (including phenoxy) is 3. The van der Waals surface area contributed by atoms with E-state index < -0.39 is 11.0 Å². The number of benzene rings is 1. The van der Waals surface area contributed by atoms with E-state index >= 15 is 0 Å². The van der Waals surface area contributed by atoms with E-state index in [2.05, 4.69) is 0 Å². The Labute approximate surface area is 116 Å². The molecular weight excluding hydrogens is 266 g/mol. The van der Waals surface area contributed by atoms with Crippen LogP contribution in [-0.2, 0) is 15.7 Å². The molecule has 0 N–H and O–H groups in total. The van der Waals surface area contributed by atoms with Gasteiger partial charge in [-0.1, -0.05) is 0 Å². The van der Waals surface area contributed by atoms with E-state index in [1.807, 2.05) is 17.3 Å². The molecule has 0 amide bonds. The van der Waals surface area contributed by atoms with Gasteiger partial charge in [0.15, 0.2) is 0 Å². The van der Waals surface area contributed by atoms with Gasteiger partial charge in [0.05, 0.1) is 32.3 Å². The van der Waals surface area contributed by atoms with Gasteiger partial charge < -0.3 is 14.2 Å². The van der Waals surface area contributed by atoms with Gasteiger partial charge in [-0.05, 0) is 19.1 Å². The molecular formula is C13H19NO4S. The maximum atomic E-state index is 12.6. The normalized spacial score (nSPS) is 18.1. The largest absolute Gasteiger partial charge is 0.496 e. The van der Waals surface area contributed by atoms with Crippen LogP contribution in [0.5, 0.6) is 11.5 Å². The zero-order valence-electron chi connectivity index (χ0n) is 11.5. The van der Waals surface area contributed by atoms with Gasteiger partial charge in [-0.3, -0.25) is 0 Å². The number of morpholine rings is 1. The van der Waals surface area contributed by atoms with Crippen LogP contribution in [-0.4, -0.2) is 49.0 Å². The highest BCUT2D eigenvalue weighted by atomic mass is 32.2. The minimum atomic E-state index is -1.23.